The molecule has 2 N–H and O–H groups in total. The summed E-state index contributed by atoms with van der Waals surface area (Å²) in [4.78, 5) is 30.7. The predicted molar refractivity (Wildman–Crippen MR) is 140 cm³/mol. The van der Waals surface area contributed by atoms with E-state index in [4.69, 9.17) is 0 Å². The van der Waals surface area contributed by atoms with Crippen molar-refractivity contribution in [2.45, 2.75) is 13.5 Å². The fourth-order valence-electron chi connectivity index (χ4n) is 4.54. The fourth-order valence-corrected chi connectivity index (χ4v) is 5.23. The Labute approximate surface area is 208 Å². The minimum absolute atomic E-state index is 0.00637. The first-order chi connectivity index (χ1) is 17.0. The first kappa shape index (κ1) is 23.1. The molecule has 4 aromatic rings. The van der Waals surface area contributed by atoms with Crippen molar-refractivity contribution in [3.8, 4) is 5.75 Å². The Morgan fingerprint density at radius 2 is 1.71 bits per heavy atom. The lowest BCUT2D eigenvalue weighted by molar-refractivity contribution is 0.0632. The summed E-state index contributed by atoms with van der Waals surface area (Å²) in [6, 6.07) is 20.9. The van der Waals surface area contributed by atoms with E-state index in [1.165, 1.54) is 11.3 Å². The summed E-state index contributed by atoms with van der Waals surface area (Å²) in [7, 11) is 0. The van der Waals surface area contributed by atoms with E-state index in [9.17, 15) is 14.7 Å². The molecular weight excluding hydrogens is 458 g/mol. The maximum atomic E-state index is 13.2. The second-order valence-corrected chi connectivity index (χ2v) is 9.73. The summed E-state index contributed by atoms with van der Waals surface area (Å²) in [6.45, 7) is 5.09. The average molecular weight is 486 g/mol. The van der Waals surface area contributed by atoms with E-state index in [2.05, 4.69) is 10.2 Å². The fraction of sp³-hybridized carbons (Fsp3) is 0.214. The molecule has 0 aliphatic carbocycles. The topological polar surface area (TPSA) is 72.9 Å². The van der Waals surface area contributed by atoms with Crippen LogP contribution in [0.25, 0.3) is 10.8 Å². The molecule has 35 heavy (non-hydrogen) atoms. The van der Waals surface area contributed by atoms with Crippen LogP contribution in [0, 0.1) is 6.92 Å². The molecule has 1 fully saturated rings. The number of piperazine rings is 1. The maximum absolute atomic E-state index is 13.2. The Hall–Kier alpha value is -3.68. The van der Waals surface area contributed by atoms with E-state index < -0.39 is 0 Å². The molecule has 3 aromatic carbocycles. The Balaban J connectivity index is 1.38. The molecule has 1 saturated heterocycles. The number of aryl methyl sites for hydroxylation is 1. The Morgan fingerprint density at radius 1 is 0.971 bits per heavy atom. The number of fused-ring (bicyclic) bond motifs is 1. The summed E-state index contributed by atoms with van der Waals surface area (Å²) in [5, 5.41) is 17.9. The highest BCUT2D eigenvalue weighted by Gasteiger charge is 2.25. The molecule has 6 nitrogen and oxygen atoms in total. The minimum atomic E-state index is -0.338. The van der Waals surface area contributed by atoms with Crippen LogP contribution in [0.1, 0.15) is 31.2 Å². The molecule has 7 heteroatoms. The largest absolute Gasteiger partial charge is 0.507 e. The molecular formula is C28H27N3O3S. The highest BCUT2D eigenvalue weighted by atomic mass is 32.1. The van der Waals surface area contributed by atoms with E-state index in [-0.39, 0.29) is 23.1 Å². The van der Waals surface area contributed by atoms with Gasteiger partial charge >= 0.3 is 0 Å². The number of hydrogen-bond donors (Lipinski definition) is 2. The summed E-state index contributed by atoms with van der Waals surface area (Å²) < 4.78 is 0. The molecule has 0 atom stereocenters. The standard InChI is InChI=1S/C28H27N3O3S/c1-19-7-2-5-10-24(19)29-27(33)22-17-20-8-3-4-9-21(20)23(26(22)32)18-30-12-14-31(15-13-30)28(34)25-11-6-16-35-25/h2-11,16-17,32H,12-15,18H2,1H3,(H,29,33). The predicted octanol–water partition coefficient (Wildman–Crippen LogP) is 5.13. The van der Waals surface area contributed by atoms with Gasteiger partial charge in [-0.3, -0.25) is 14.5 Å². The SMILES string of the molecule is Cc1ccccc1NC(=O)c1cc2ccccc2c(CN2CCN(C(=O)c3cccs3)CC2)c1O. The highest BCUT2D eigenvalue weighted by molar-refractivity contribution is 7.12. The molecule has 0 saturated carbocycles. The third-order valence-corrected chi connectivity index (χ3v) is 7.40. The number of anilines is 1. The number of amides is 2. The zero-order valence-electron chi connectivity index (χ0n) is 19.5. The zero-order chi connectivity index (χ0) is 24.4. The van der Waals surface area contributed by atoms with Crippen LogP contribution in [-0.2, 0) is 6.54 Å². The smallest absolute Gasteiger partial charge is 0.264 e. The van der Waals surface area contributed by atoms with Crippen LogP contribution in [-0.4, -0.2) is 52.9 Å². The normalized spacial score (nSPS) is 14.3. The van der Waals surface area contributed by atoms with E-state index in [1.807, 2.05) is 77.9 Å². The number of nitrogens with one attached hydrogen (secondary N) is 1. The van der Waals surface area contributed by atoms with Crippen LogP contribution in [0.15, 0.2) is 72.1 Å². The first-order valence-corrected chi connectivity index (χ1v) is 12.5. The number of nitrogens with zero attached hydrogens (tertiary/aromatic N) is 2. The van der Waals surface area contributed by atoms with E-state index in [1.54, 1.807) is 6.07 Å². The third-order valence-electron chi connectivity index (χ3n) is 6.54. The van der Waals surface area contributed by atoms with Crippen LogP contribution in [0.3, 0.4) is 0 Å². The van der Waals surface area contributed by atoms with Gasteiger partial charge in [0.25, 0.3) is 11.8 Å². The molecule has 0 unspecified atom stereocenters. The first-order valence-electron chi connectivity index (χ1n) is 11.7. The van der Waals surface area contributed by atoms with E-state index >= 15 is 0 Å². The maximum Gasteiger partial charge on any atom is 0.264 e. The number of aromatic hydroxyl groups is 1. The number of phenolic OH excluding ortho intramolecular Hbond substituents is 1. The second-order valence-electron chi connectivity index (χ2n) is 8.79. The highest BCUT2D eigenvalue weighted by Crippen LogP contribution is 2.33. The van der Waals surface area contributed by atoms with Crippen molar-refractivity contribution in [2.24, 2.45) is 0 Å². The molecule has 5 rings (SSSR count). The lowest BCUT2D eigenvalue weighted by Gasteiger charge is -2.35. The van der Waals surface area contributed by atoms with Crippen molar-refractivity contribution in [1.82, 2.24) is 9.80 Å². The Kier molecular flexibility index (Phi) is 6.53. The lowest BCUT2D eigenvalue weighted by Crippen LogP contribution is -2.48. The quantitative estimate of drug-likeness (QED) is 0.411. The van der Waals surface area contributed by atoms with Gasteiger partial charge in [-0.05, 0) is 46.8 Å². The molecule has 2 heterocycles. The van der Waals surface area contributed by atoms with Gasteiger partial charge in [-0.25, -0.2) is 0 Å². The van der Waals surface area contributed by atoms with Crippen molar-refractivity contribution in [1.29, 1.82) is 0 Å². The summed E-state index contributed by atoms with van der Waals surface area (Å²) in [6.07, 6.45) is 0. The van der Waals surface area contributed by atoms with Gasteiger partial charge in [0.15, 0.2) is 0 Å². The summed E-state index contributed by atoms with van der Waals surface area (Å²) in [5.41, 5.74) is 2.67. The van der Waals surface area contributed by atoms with Gasteiger partial charge in [0.1, 0.15) is 5.75 Å². The van der Waals surface area contributed by atoms with Gasteiger partial charge in [-0.15, -0.1) is 11.3 Å². The minimum Gasteiger partial charge on any atom is -0.507 e. The number of carbonyl (C=O) groups excluding carboxylic acids is 2. The molecule has 1 aliphatic heterocycles. The number of benzene rings is 3. The summed E-state index contributed by atoms with van der Waals surface area (Å²) >= 11 is 1.46. The van der Waals surface area contributed by atoms with Gasteiger partial charge in [-0.2, -0.15) is 0 Å². The van der Waals surface area contributed by atoms with Crippen molar-refractivity contribution in [2.75, 3.05) is 31.5 Å². The number of para-hydroxylation sites is 1. The monoisotopic (exact) mass is 485 g/mol. The third kappa shape index (κ3) is 4.78. The number of hydrogen-bond acceptors (Lipinski definition) is 5. The van der Waals surface area contributed by atoms with Crippen molar-refractivity contribution >= 4 is 39.6 Å². The summed E-state index contributed by atoms with van der Waals surface area (Å²) in [5.74, 6) is -0.259. The van der Waals surface area contributed by atoms with Crippen LogP contribution in [0.5, 0.6) is 5.75 Å². The van der Waals surface area contributed by atoms with Crippen LogP contribution in [0.2, 0.25) is 0 Å². The van der Waals surface area contributed by atoms with Gasteiger partial charge in [0.2, 0.25) is 0 Å². The second kappa shape index (κ2) is 9.90. The number of rotatable bonds is 5. The van der Waals surface area contributed by atoms with Gasteiger partial charge in [0, 0.05) is 44.0 Å². The number of thiophene rings is 1. The Bertz CT molecular complexity index is 1380. The molecule has 0 radical (unpaired) electrons. The molecule has 178 valence electrons. The van der Waals surface area contributed by atoms with Gasteiger partial charge < -0.3 is 15.3 Å². The average Bonchev–Trinajstić information content (AvgIpc) is 3.42. The zero-order valence-corrected chi connectivity index (χ0v) is 20.3. The van der Waals surface area contributed by atoms with Crippen molar-refractivity contribution < 1.29 is 14.7 Å². The van der Waals surface area contributed by atoms with Crippen LogP contribution < -0.4 is 5.32 Å². The number of phenols is 1. The van der Waals surface area contributed by atoms with Crippen molar-refractivity contribution in [3.05, 3.63) is 93.7 Å². The Morgan fingerprint density at radius 3 is 2.46 bits per heavy atom. The molecule has 1 aromatic heterocycles. The molecule has 1 aliphatic rings. The van der Waals surface area contributed by atoms with Crippen LogP contribution >= 0.6 is 11.3 Å². The van der Waals surface area contributed by atoms with Crippen molar-refractivity contribution in [3.63, 3.8) is 0 Å². The molecule has 0 spiro atoms. The van der Waals surface area contributed by atoms with E-state index in [0.717, 1.165) is 32.5 Å². The number of carbonyl (C=O) groups is 2. The molecule has 2 amide bonds. The van der Waals surface area contributed by atoms with Gasteiger partial charge in [-0.1, -0.05) is 48.5 Å². The molecule has 0 bridgehead atoms. The van der Waals surface area contributed by atoms with Gasteiger partial charge in [0.05, 0.1) is 10.4 Å². The van der Waals surface area contributed by atoms with E-state index in [0.29, 0.717) is 32.7 Å². The van der Waals surface area contributed by atoms with Crippen LogP contribution in [0.4, 0.5) is 5.69 Å². The lowest BCUT2D eigenvalue weighted by atomic mass is 9.98.